The van der Waals surface area contributed by atoms with Crippen molar-refractivity contribution in [1.29, 1.82) is 0 Å². The molecule has 6 nitrogen and oxygen atoms in total. The van der Waals surface area contributed by atoms with Crippen LogP contribution in [-0.4, -0.2) is 22.9 Å². The maximum Gasteiger partial charge on any atom is 0.316 e. The maximum atomic E-state index is 12.2. The molecule has 2 rings (SSSR count). The Kier molecular flexibility index (Phi) is 3.25. The van der Waals surface area contributed by atoms with Gasteiger partial charge in [0.25, 0.3) is 0 Å². The molecule has 19 heavy (non-hydrogen) atoms. The Hall–Kier alpha value is -2.37. The molecule has 0 aliphatic carbocycles. The number of rotatable bonds is 3. The summed E-state index contributed by atoms with van der Waals surface area (Å²) in [5.41, 5.74) is 7.21. The van der Waals surface area contributed by atoms with Crippen LogP contribution in [0.5, 0.6) is 0 Å². The average molecular weight is 262 g/mol. The minimum atomic E-state index is -1.22. The number of carbonyl (C=O) groups excluding carboxylic acids is 2. The highest BCUT2D eigenvalue weighted by Gasteiger charge is 2.38. The number of carboxylic acids is 1. The van der Waals surface area contributed by atoms with E-state index in [1.165, 1.54) is 0 Å². The fourth-order valence-electron chi connectivity index (χ4n) is 2.19. The molecule has 0 bridgehead atoms. The highest BCUT2D eigenvalue weighted by Crippen LogP contribution is 2.32. The molecule has 0 spiro atoms. The third kappa shape index (κ3) is 2.16. The van der Waals surface area contributed by atoms with Crippen molar-refractivity contribution in [3.8, 4) is 0 Å². The second kappa shape index (κ2) is 4.72. The van der Waals surface area contributed by atoms with E-state index in [1.807, 2.05) is 0 Å². The van der Waals surface area contributed by atoms with Gasteiger partial charge < -0.3 is 10.8 Å². The smallest absolute Gasteiger partial charge is 0.316 e. The Morgan fingerprint density at radius 3 is 2.74 bits per heavy atom. The third-order valence-corrected chi connectivity index (χ3v) is 3.16. The second-order valence-corrected chi connectivity index (χ2v) is 4.43. The fraction of sp³-hybridized carbons (Fsp3) is 0.308. The minimum Gasteiger partial charge on any atom is -0.481 e. The number of nitrogens with two attached hydrogens (primary N) is 1. The standard InChI is InChI=1S/C13H14N2O4/c1-2-9(13(18)19)12(17)15-10-4-3-8(14)5-7(10)6-11(15)16/h3-5,9H,2,6,14H2,1H3,(H,18,19). The molecule has 0 saturated carbocycles. The Morgan fingerprint density at radius 2 is 2.16 bits per heavy atom. The largest absolute Gasteiger partial charge is 0.481 e. The van der Waals surface area contributed by atoms with Gasteiger partial charge in [0.05, 0.1) is 12.1 Å². The molecule has 0 saturated heterocycles. The molecule has 1 heterocycles. The average Bonchev–Trinajstić information content (AvgIpc) is 2.64. The molecule has 6 heteroatoms. The first kappa shape index (κ1) is 13.1. The Bertz CT molecular complexity index is 568. The first-order valence-corrected chi connectivity index (χ1v) is 5.93. The zero-order chi connectivity index (χ0) is 14.2. The lowest BCUT2D eigenvalue weighted by Gasteiger charge is -2.19. The predicted octanol–water partition coefficient (Wildman–Crippen LogP) is 0.795. The van der Waals surface area contributed by atoms with E-state index in [1.54, 1.807) is 25.1 Å². The van der Waals surface area contributed by atoms with E-state index in [0.29, 0.717) is 16.9 Å². The molecular weight excluding hydrogens is 248 g/mol. The summed E-state index contributed by atoms with van der Waals surface area (Å²) in [6.07, 6.45) is 0.213. The first-order valence-electron chi connectivity index (χ1n) is 5.93. The Balaban J connectivity index is 2.39. The van der Waals surface area contributed by atoms with E-state index in [4.69, 9.17) is 10.8 Å². The number of benzene rings is 1. The summed E-state index contributed by atoms with van der Waals surface area (Å²) in [7, 11) is 0. The van der Waals surface area contributed by atoms with Gasteiger partial charge in [-0.25, -0.2) is 4.90 Å². The highest BCUT2D eigenvalue weighted by molar-refractivity contribution is 6.22. The van der Waals surface area contributed by atoms with Crippen LogP contribution in [0, 0.1) is 5.92 Å². The molecule has 1 aromatic carbocycles. The molecule has 0 aromatic heterocycles. The number of amides is 2. The van der Waals surface area contributed by atoms with Crippen LogP contribution in [0.15, 0.2) is 18.2 Å². The summed E-state index contributed by atoms with van der Waals surface area (Å²) in [4.78, 5) is 36.0. The first-order chi connectivity index (χ1) is 8.95. The zero-order valence-corrected chi connectivity index (χ0v) is 10.4. The van der Waals surface area contributed by atoms with Crippen LogP contribution in [0.25, 0.3) is 0 Å². The van der Waals surface area contributed by atoms with Crippen LogP contribution >= 0.6 is 0 Å². The molecule has 1 aromatic rings. The van der Waals surface area contributed by atoms with Gasteiger partial charge in [-0.3, -0.25) is 14.4 Å². The number of nitrogens with zero attached hydrogens (tertiary/aromatic N) is 1. The molecular formula is C13H14N2O4. The minimum absolute atomic E-state index is 0.0716. The molecule has 100 valence electrons. The van der Waals surface area contributed by atoms with E-state index in [9.17, 15) is 14.4 Å². The van der Waals surface area contributed by atoms with Gasteiger partial charge in [-0.2, -0.15) is 0 Å². The summed E-state index contributed by atoms with van der Waals surface area (Å²) in [6, 6.07) is 4.78. The second-order valence-electron chi connectivity index (χ2n) is 4.43. The van der Waals surface area contributed by atoms with Crippen molar-refractivity contribution in [1.82, 2.24) is 0 Å². The van der Waals surface area contributed by atoms with Gasteiger partial charge >= 0.3 is 5.97 Å². The van der Waals surface area contributed by atoms with Crippen LogP contribution in [0.1, 0.15) is 18.9 Å². The third-order valence-electron chi connectivity index (χ3n) is 3.16. The molecule has 2 amide bonds. The number of fused-ring (bicyclic) bond motifs is 1. The van der Waals surface area contributed by atoms with Gasteiger partial charge in [-0.15, -0.1) is 0 Å². The lowest BCUT2D eigenvalue weighted by Crippen LogP contribution is -2.41. The van der Waals surface area contributed by atoms with E-state index in [0.717, 1.165) is 4.90 Å². The van der Waals surface area contributed by atoms with Crippen LogP contribution in [-0.2, 0) is 20.8 Å². The van der Waals surface area contributed by atoms with Gasteiger partial charge in [0.15, 0.2) is 0 Å². The number of nitrogen functional groups attached to an aromatic ring is 1. The SMILES string of the molecule is CCC(C(=O)O)C(=O)N1C(=O)Cc2cc(N)ccc21. The van der Waals surface area contributed by atoms with Gasteiger partial charge in [-0.1, -0.05) is 6.92 Å². The number of aliphatic carboxylic acids is 1. The fourth-order valence-corrected chi connectivity index (χ4v) is 2.19. The van der Waals surface area contributed by atoms with Gasteiger partial charge in [-0.05, 0) is 30.2 Å². The Labute approximate surface area is 109 Å². The van der Waals surface area contributed by atoms with Crippen molar-refractivity contribution in [2.24, 2.45) is 5.92 Å². The van der Waals surface area contributed by atoms with Crippen LogP contribution < -0.4 is 10.6 Å². The summed E-state index contributed by atoms with van der Waals surface area (Å²) in [6.45, 7) is 1.60. The quantitative estimate of drug-likeness (QED) is 0.619. The number of hydrogen-bond donors (Lipinski definition) is 2. The van der Waals surface area contributed by atoms with Gasteiger partial charge in [0, 0.05) is 5.69 Å². The van der Waals surface area contributed by atoms with Crippen LogP contribution in [0.2, 0.25) is 0 Å². The number of carboxylic acid groups (broad SMARTS) is 1. The van der Waals surface area contributed by atoms with Crippen molar-refractivity contribution >= 4 is 29.2 Å². The molecule has 1 atom stereocenters. The molecule has 0 radical (unpaired) electrons. The number of carbonyl (C=O) groups is 3. The summed E-state index contributed by atoms with van der Waals surface area (Å²) in [5.74, 6) is -3.52. The highest BCUT2D eigenvalue weighted by atomic mass is 16.4. The maximum absolute atomic E-state index is 12.2. The molecule has 1 aliphatic rings. The van der Waals surface area contributed by atoms with Gasteiger partial charge in [0.2, 0.25) is 11.8 Å². The van der Waals surface area contributed by atoms with Crippen molar-refractivity contribution in [3.05, 3.63) is 23.8 Å². The monoisotopic (exact) mass is 262 g/mol. The van der Waals surface area contributed by atoms with E-state index in [-0.39, 0.29) is 12.8 Å². The summed E-state index contributed by atoms with van der Waals surface area (Å²) in [5, 5.41) is 9.00. The molecule has 3 N–H and O–H groups in total. The number of hydrogen-bond acceptors (Lipinski definition) is 4. The summed E-state index contributed by atoms with van der Waals surface area (Å²) >= 11 is 0. The van der Waals surface area contributed by atoms with Crippen molar-refractivity contribution in [3.63, 3.8) is 0 Å². The van der Waals surface area contributed by atoms with Gasteiger partial charge in [0.1, 0.15) is 5.92 Å². The lowest BCUT2D eigenvalue weighted by atomic mass is 10.1. The van der Waals surface area contributed by atoms with Crippen LogP contribution in [0.3, 0.4) is 0 Å². The van der Waals surface area contributed by atoms with E-state index >= 15 is 0 Å². The van der Waals surface area contributed by atoms with Crippen molar-refractivity contribution < 1.29 is 19.5 Å². The number of anilines is 2. The van der Waals surface area contributed by atoms with E-state index in [2.05, 4.69) is 0 Å². The lowest BCUT2D eigenvalue weighted by molar-refractivity contribution is -0.146. The normalized spacial score (nSPS) is 15.2. The molecule has 1 unspecified atom stereocenters. The zero-order valence-electron chi connectivity index (χ0n) is 10.4. The van der Waals surface area contributed by atoms with E-state index < -0.39 is 23.7 Å². The molecule has 0 fully saturated rings. The Morgan fingerprint density at radius 1 is 1.47 bits per heavy atom. The van der Waals surface area contributed by atoms with Crippen molar-refractivity contribution in [2.45, 2.75) is 19.8 Å². The molecule has 1 aliphatic heterocycles. The van der Waals surface area contributed by atoms with Crippen molar-refractivity contribution in [2.75, 3.05) is 10.6 Å². The topological polar surface area (TPSA) is 101 Å². The summed E-state index contributed by atoms with van der Waals surface area (Å²) < 4.78 is 0. The van der Waals surface area contributed by atoms with Crippen LogP contribution in [0.4, 0.5) is 11.4 Å². The predicted molar refractivity (Wildman–Crippen MR) is 68.5 cm³/mol. The number of imide groups is 1.